The molecule has 7 heteroatoms. The molecule has 0 aliphatic rings. The van der Waals surface area contributed by atoms with E-state index in [1.165, 1.54) is 5.56 Å². The summed E-state index contributed by atoms with van der Waals surface area (Å²) >= 11 is 14.3. The minimum atomic E-state index is -0.624. The summed E-state index contributed by atoms with van der Waals surface area (Å²) in [6.45, 7) is 6.52. The van der Waals surface area contributed by atoms with Crippen LogP contribution in [0.25, 0.3) is 0 Å². The van der Waals surface area contributed by atoms with E-state index in [1.807, 2.05) is 26.0 Å². The van der Waals surface area contributed by atoms with Gasteiger partial charge >= 0.3 is 0 Å². The molecule has 2 aromatic carbocycles. The van der Waals surface area contributed by atoms with Gasteiger partial charge in [-0.2, -0.15) is 0 Å². The summed E-state index contributed by atoms with van der Waals surface area (Å²) in [6.07, 6.45) is 1.14. The zero-order valence-electron chi connectivity index (χ0n) is 17.6. The van der Waals surface area contributed by atoms with Gasteiger partial charge in [0.25, 0.3) is 0 Å². The van der Waals surface area contributed by atoms with Gasteiger partial charge in [-0.05, 0) is 44.5 Å². The van der Waals surface area contributed by atoms with Gasteiger partial charge in [0.05, 0.1) is 0 Å². The quantitative estimate of drug-likeness (QED) is 0.454. The monoisotopic (exact) mass is 466 g/mol. The van der Waals surface area contributed by atoms with Gasteiger partial charge in [0.1, 0.15) is 6.04 Å². The van der Waals surface area contributed by atoms with Crippen LogP contribution in [0.2, 0.25) is 10.0 Å². The second kappa shape index (κ2) is 12.2. The van der Waals surface area contributed by atoms with Crippen LogP contribution in [0, 0.1) is 6.92 Å². The number of amides is 2. The molecule has 0 spiro atoms. The Morgan fingerprint density at radius 3 is 2.33 bits per heavy atom. The lowest BCUT2D eigenvalue weighted by Gasteiger charge is -2.29. The van der Waals surface area contributed by atoms with E-state index >= 15 is 0 Å². The number of nitrogens with zero attached hydrogens (tertiary/aromatic N) is 1. The van der Waals surface area contributed by atoms with Gasteiger partial charge in [-0.15, -0.1) is 11.8 Å². The van der Waals surface area contributed by atoms with Gasteiger partial charge in [-0.1, -0.05) is 53.9 Å². The Kier molecular flexibility index (Phi) is 10.0. The van der Waals surface area contributed by atoms with Crippen LogP contribution in [0.3, 0.4) is 0 Å². The van der Waals surface area contributed by atoms with E-state index in [-0.39, 0.29) is 18.4 Å². The van der Waals surface area contributed by atoms with Crippen molar-refractivity contribution >= 4 is 46.8 Å². The van der Waals surface area contributed by atoms with Crippen LogP contribution in [-0.2, 0) is 16.1 Å². The molecular weight excluding hydrogens is 439 g/mol. The highest BCUT2D eigenvalue weighted by molar-refractivity contribution is 7.99. The highest BCUT2D eigenvalue weighted by Gasteiger charge is 2.27. The smallest absolute Gasteiger partial charge is 0.242 e. The Balaban J connectivity index is 2.11. The Bertz CT molecular complexity index is 839. The van der Waals surface area contributed by atoms with Gasteiger partial charge in [0.2, 0.25) is 11.8 Å². The molecule has 0 aliphatic carbocycles. The first-order chi connectivity index (χ1) is 14.3. The summed E-state index contributed by atoms with van der Waals surface area (Å²) in [5.74, 6) is 0.335. The van der Waals surface area contributed by atoms with Crippen LogP contribution in [0.5, 0.6) is 0 Å². The highest BCUT2D eigenvalue weighted by atomic mass is 35.5. The SMILES string of the molecule is CCCNC(=O)[C@H](C)N(Cc1c(Cl)cccc1Cl)C(=O)CCSc1ccc(C)cc1. The van der Waals surface area contributed by atoms with Crippen LogP contribution < -0.4 is 5.32 Å². The second-order valence-electron chi connectivity index (χ2n) is 7.10. The average molecular weight is 467 g/mol. The number of aryl methyl sites for hydroxylation is 1. The van der Waals surface area contributed by atoms with Crippen molar-refractivity contribution in [2.45, 2.75) is 51.1 Å². The number of carbonyl (C=O) groups excluding carboxylic acids is 2. The van der Waals surface area contributed by atoms with Crippen LogP contribution in [0.15, 0.2) is 47.4 Å². The molecule has 2 rings (SSSR count). The first kappa shape index (κ1) is 24.6. The van der Waals surface area contributed by atoms with Crippen molar-refractivity contribution in [3.63, 3.8) is 0 Å². The molecule has 0 radical (unpaired) electrons. The molecule has 0 fully saturated rings. The van der Waals surface area contributed by atoms with Crippen molar-refractivity contribution < 1.29 is 9.59 Å². The topological polar surface area (TPSA) is 49.4 Å². The van der Waals surface area contributed by atoms with Crippen molar-refractivity contribution in [1.82, 2.24) is 10.2 Å². The molecule has 4 nitrogen and oxygen atoms in total. The van der Waals surface area contributed by atoms with Crippen molar-refractivity contribution in [3.8, 4) is 0 Å². The Morgan fingerprint density at radius 2 is 1.73 bits per heavy atom. The van der Waals surface area contributed by atoms with Crippen LogP contribution in [-0.4, -0.2) is 35.1 Å². The summed E-state index contributed by atoms with van der Waals surface area (Å²) in [7, 11) is 0. The van der Waals surface area contributed by atoms with E-state index in [1.54, 1.807) is 41.8 Å². The molecule has 1 N–H and O–H groups in total. The number of nitrogens with one attached hydrogen (secondary N) is 1. The molecule has 30 heavy (non-hydrogen) atoms. The van der Waals surface area contributed by atoms with Crippen LogP contribution in [0.4, 0.5) is 0 Å². The van der Waals surface area contributed by atoms with Gasteiger partial charge in [0, 0.05) is 45.8 Å². The maximum atomic E-state index is 13.1. The zero-order chi connectivity index (χ0) is 22.1. The van der Waals surface area contributed by atoms with Gasteiger partial charge < -0.3 is 10.2 Å². The fourth-order valence-electron chi connectivity index (χ4n) is 2.87. The van der Waals surface area contributed by atoms with E-state index in [4.69, 9.17) is 23.2 Å². The number of hydrogen-bond acceptors (Lipinski definition) is 3. The predicted octanol–water partition coefficient (Wildman–Crippen LogP) is 5.73. The molecule has 0 aliphatic heterocycles. The Hall–Kier alpha value is -1.69. The molecule has 0 aromatic heterocycles. The number of benzene rings is 2. The number of rotatable bonds is 10. The van der Waals surface area contributed by atoms with Gasteiger partial charge in [-0.3, -0.25) is 9.59 Å². The first-order valence-corrected chi connectivity index (χ1v) is 11.8. The Morgan fingerprint density at radius 1 is 1.10 bits per heavy atom. The lowest BCUT2D eigenvalue weighted by atomic mass is 10.1. The fourth-order valence-corrected chi connectivity index (χ4v) is 4.22. The summed E-state index contributed by atoms with van der Waals surface area (Å²) < 4.78 is 0. The number of thioether (sulfide) groups is 1. The summed E-state index contributed by atoms with van der Waals surface area (Å²) in [5.41, 5.74) is 1.85. The molecule has 2 aromatic rings. The molecule has 162 valence electrons. The first-order valence-electron chi connectivity index (χ1n) is 10.0. The zero-order valence-corrected chi connectivity index (χ0v) is 19.9. The Labute approximate surface area is 193 Å². The number of carbonyl (C=O) groups is 2. The molecule has 0 bridgehead atoms. The summed E-state index contributed by atoms with van der Waals surface area (Å²) in [5, 5.41) is 3.83. The molecular formula is C23H28Cl2N2O2S. The average Bonchev–Trinajstić information content (AvgIpc) is 2.72. The minimum Gasteiger partial charge on any atom is -0.354 e. The summed E-state index contributed by atoms with van der Waals surface area (Å²) in [4.78, 5) is 28.3. The van der Waals surface area contributed by atoms with E-state index in [9.17, 15) is 9.59 Å². The fraction of sp³-hybridized carbons (Fsp3) is 0.391. The van der Waals surface area contributed by atoms with Crippen molar-refractivity contribution in [2.75, 3.05) is 12.3 Å². The highest BCUT2D eigenvalue weighted by Crippen LogP contribution is 2.27. The van der Waals surface area contributed by atoms with Crippen molar-refractivity contribution in [1.29, 1.82) is 0 Å². The molecule has 0 heterocycles. The van der Waals surface area contributed by atoms with Crippen molar-refractivity contribution in [2.24, 2.45) is 0 Å². The van der Waals surface area contributed by atoms with Crippen LogP contribution >= 0.6 is 35.0 Å². The van der Waals surface area contributed by atoms with E-state index in [2.05, 4.69) is 17.4 Å². The second-order valence-corrected chi connectivity index (χ2v) is 9.08. The van der Waals surface area contributed by atoms with E-state index < -0.39 is 6.04 Å². The minimum absolute atomic E-state index is 0.107. The van der Waals surface area contributed by atoms with Crippen LogP contribution in [0.1, 0.15) is 37.8 Å². The van der Waals surface area contributed by atoms with Gasteiger partial charge in [-0.25, -0.2) is 0 Å². The van der Waals surface area contributed by atoms with E-state index in [0.717, 1.165) is 11.3 Å². The number of halogens is 2. The summed E-state index contributed by atoms with van der Waals surface area (Å²) in [6, 6.07) is 12.8. The largest absolute Gasteiger partial charge is 0.354 e. The van der Waals surface area contributed by atoms with E-state index in [0.29, 0.717) is 34.3 Å². The third-order valence-electron chi connectivity index (χ3n) is 4.71. The van der Waals surface area contributed by atoms with Crippen molar-refractivity contribution in [3.05, 3.63) is 63.6 Å². The molecule has 0 unspecified atom stereocenters. The standard InChI is InChI=1S/C23H28Cl2N2O2S/c1-4-13-26-23(29)17(3)27(15-19-20(24)6-5-7-21(19)25)22(28)12-14-30-18-10-8-16(2)9-11-18/h5-11,17H,4,12-15H2,1-3H3,(H,26,29)/t17-/m0/s1. The maximum Gasteiger partial charge on any atom is 0.242 e. The normalized spacial score (nSPS) is 11.8. The predicted molar refractivity (Wildman–Crippen MR) is 126 cm³/mol. The number of hydrogen-bond donors (Lipinski definition) is 1. The lowest BCUT2D eigenvalue weighted by molar-refractivity contribution is -0.140. The molecule has 2 amide bonds. The lowest BCUT2D eigenvalue weighted by Crippen LogP contribution is -2.47. The molecule has 0 saturated carbocycles. The molecule has 0 saturated heterocycles. The third-order valence-corrected chi connectivity index (χ3v) is 6.43. The maximum absolute atomic E-state index is 13.1. The molecule has 1 atom stereocenters. The van der Waals surface area contributed by atoms with Gasteiger partial charge in [0.15, 0.2) is 0 Å². The third kappa shape index (κ3) is 7.22.